The van der Waals surface area contributed by atoms with Crippen LogP contribution in [0.3, 0.4) is 0 Å². The van der Waals surface area contributed by atoms with E-state index in [0.717, 1.165) is 6.07 Å². The lowest BCUT2D eigenvalue weighted by Crippen LogP contribution is -2.39. The Morgan fingerprint density at radius 1 is 1.18 bits per heavy atom. The average molecular weight is 318 g/mol. The molecule has 0 fully saturated rings. The van der Waals surface area contributed by atoms with E-state index in [1.807, 2.05) is 0 Å². The molecule has 122 valence electrons. The molecule has 0 atom stereocenters. The van der Waals surface area contributed by atoms with E-state index in [1.54, 1.807) is 0 Å². The van der Waals surface area contributed by atoms with Crippen LogP contribution in [0.4, 0.5) is 13.2 Å². The Balaban J connectivity index is 2.59. The van der Waals surface area contributed by atoms with Crippen molar-refractivity contribution in [3.63, 3.8) is 0 Å². The van der Waals surface area contributed by atoms with Crippen molar-refractivity contribution in [2.75, 3.05) is 33.4 Å². The lowest BCUT2D eigenvalue weighted by molar-refractivity contribution is -0.129. The normalized spacial score (nSPS) is 10.4. The molecule has 0 aromatic heterocycles. The van der Waals surface area contributed by atoms with Gasteiger partial charge in [-0.2, -0.15) is 0 Å². The van der Waals surface area contributed by atoms with E-state index in [0.29, 0.717) is 19.2 Å². The minimum absolute atomic E-state index is 0.0422. The molecule has 0 spiro atoms. The zero-order valence-corrected chi connectivity index (χ0v) is 12.3. The highest BCUT2D eigenvalue weighted by Gasteiger charge is 2.18. The maximum Gasteiger partial charge on any atom is 0.254 e. The van der Waals surface area contributed by atoms with Crippen molar-refractivity contribution in [1.82, 2.24) is 10.2 Å². The first-order valence-electron chi connectivity index (χ1n) is 6.54. The molecule has 1 rings (SSSR count). The molecule has 0 bridgehead atoms. The molecule has 0 saturated carbocycles. The van der Waals surface area contributed by atoms with E-state index in [2.05, 4.69) is 5.32 Å². The average Bonchev–Trinajstić information content (AvgIpc) is 2.47. The van der Waals surface area contributed by atoms with Crippen molar-refractivity contribution in [3.8, 4) is 0 Å². The lowest BCUT2D eigenvalue weighted by Gasteiger charge is -2.20. The Kier molecular flexibility index (Phi) is 6.84. The standard InChI is InChI=1S/C14H17F3N2O3/c1-9(20)19(7-8-22-2)6-5-18-14(21)10-3-4-11(15)13(17)12(10)16/h3-4H,5-8H2,1-2H3,(H,18,21). The third-order valence-corrected chi connectivity index (χ3v) is 2.96. The number of methoxy groups -OCH3 is 1. The largest absolute Gasteiger partial charge is 0.383 e. The van der Waals surface area contributed by atoms with Crippen LogP contribution in [0.2, 0.25) is 0 Å². The first-order valence-corrected chi connectivity index (χ1v) is 6.54. The van der Waals surface area contributed by atoms with E-state index in [4.69, 9.17) is 4.74 Å². The number of ether oxygens (including phenoxy) is 1. The number of carbonyl (C=O) groups excluding carboxylic acids is 2. The summed E-state index contributed by atoms with van der Waals surface area (Å²) in [6.07, 6.45) is 0. The number of amides is 2. The van der Waals surface area contributed by atoms with Crippen LogP contribution in [0.1, 0.15) is 17.3 Å². The van der Waals surface area contributed by atoms with Crippen molar-refractivity contribution >= 4 is 11.8 Å². The van der Waals surface area contributed by atoms with Crippen LogP contribution in [-0.2, 0) is 9.53 Å². The number of halogens is 3. The molecule has 1 aromatic carbocycles. The maximum atomic E-state index is 13.4. The van der Waals surface area contributed by atoms with E-state index < -0.39 is 28.9 Å². The highest BCUT2D eigenvalue weighted by atomic mass is 19.2. The van der Waals surface area contributed by atoms with Gasteiger partial charge in [-0.3, -0.25) is 9.59 Å². The zero-order chi connectivity index (χ0) is 16.7. The third-order valence-electron chi connectivity index (χ3n) is 2.96. The van der Waals surface area contributed by atoms with E-state index in [1.165, 1.54) is 18.9 Å². The minimum atomic E-state index is -1.70. The van der Waals surface area contributed by atoms with Gasteiger partial charge in [0.25, 0.3) is 5.91 Å². The third kappa shape index (κ3) is 4.73. The molecule has 1 N–H and O–H groups in total. The van der Waals surface area contributed by atoms with Crippen LogP contribution in [-0.4, -0.2) is 50.1 Å². The summed E-state index contributed by atoms with van der Waals surface area (Å²) >= 11 is 0. The number of nitrogens with one attached hydrogen (secondary N) is 1. The van der Waals surface area contributed by atoms with Crippen LogP contribution in [0.5, 0.6) is 0 Å². The van der Waals surface area contributed by atoms with Crippen LogP contribution < -0.4 is 5.32 Å². The first-order chi connectivity index (χ1) is 10.4. The van der Waals surface area contributed by atoms with Crippen molar-refractivity contribution < 1.29 is 27.5 Å². The molecule has 0 aliphatic heterocycles. The zero-order valence-electron chi connectivity index (χ0n) is 12.3. The second-order valence-corrected chi connectivity index (χ2v) is 4.48. The summed E-state index contributed by atoms with van der Waals surface area (Å²) in [5, 5.41) is 2.35. The molecule has 0 heterocycles. The molecule has 0 unspecified atom stereocenters. The summed E-state index contributed by atoms with van der Waals surface area (Å²) < 4.78 is 44.1. The quantitative estimate of drug-likeness (QED) is 0.772. The van der Waals surface area contributed by atoms with Gasteiger partial charge in [0, 0.05) is 33.7 Å². The number of benzene rings is 1. The molecule has 0 aliphatic rings. The molecular formula is C14H17F3N2O3. The van der Waals surface area contributed by atoms with Gasteiger partial charge in [0.05, 0.1) is 12.2 Å². The van der Waals surface area contributed by atoms with Gasteiger partial charge in [-0.15, -0.1) is 0 Å². The number of hydrogen-bond acceptors (Lipinski definition) is 3. The highest BCUT2D eigenvalue weighted by Crippen LogP contribution is 2.14. The van der Waals surface area contributed by atoms with Crippen molar-refractivity contribution in [2.45, 2.75) is 6.92 Å². The Labute approximate surface area is 126 Å². The van der Waals surface area contributed by atoms with Gasteiger partial charge in [0.15, 0.2) is 17.5 Å². The van der Waals surface area contributed by atoms with E-state index in [-0.39, 0.29) is 19.0 Å². The summed E-state index contributed by atoms with van der Waals surface area (Å²) in [6, 6.07) is 1.53. The predicted octanol–water partition coefficient (Wildman–Crippen LogP) is 1.33. The molecule has 5 nitrogen and oxygen atoms in total. The molecule has 1 aromatic rings. The molecule has 22 heavy (non-hydrogen) atoms. The fraction of sp³-hybridized carbons (Fsp3) is 0.429. The van der Waals surface area contributed by atoms with E-state index in [9.17, 15) is 22.8 Å². The second kappa shape index (κ2) is 8.38. The molecule has 2 amide bonds. The summed E-state index contributed by atoms with van der Waals surface area (Å²) in [5.74, 6) is -5.69. The molecule has 0 aliphatic carbocycles. The number of rotatable bonds is 7. The van der Waals surface area contributed by atoms with Gasteiger partial charge in [0.1, 0.15) is 0 Å². The summed E-state index contributed by atoms with van der Waals surface area (Å²) in [7, 11) is 1.49. The van der Waals surface area contributed by atoms with Crippen LogP contribution >= 0.6 is 0 Å². The van der Waals surface area contributed by atoms with Gasteiger partial charge >= 0.3 is 0 Å². The molecule has 0 saturated heterocycles. The minimum Gasteiger partial charge on any atom is -0.383 e. The Bertz CT molecular complexity index is 552. The number of carbonyl (C=O) groups is 2. The molecular weight excluding hydrogens is 301 g/mol. The molecule has 0 radical (unpaired) electrons. The number of nitrogens with zero attached hydrogens (tertiary/aromatic N) is 1. The van der Waals surface area contributed by atoms with Crippen LogP contribution in [0, 0.1) is 17.5 Å². The highest BCUT2D eigenvalue weighted by molar-refractivity contribution is 5.94. The Hall–Kier alpha value is -2.09. The van der Waals surface area contributed by atoms with Gasteiger partial charge in [-0.05, 0) is 12.1 Å². The first kappa shape index (κ1) is 18.0. The predicted molar refractivity (Wildman–Crippen MR) is 72.8 cm³/mol. The van der Waals surface area contributed by atoms with Gasteiger partial charge in [-0.25, -0.2) is 13.2 Å². The second-order valence-electron chi connectivity index (χ2n) is 4.48. The summed E-state index contributed by atoms with van der Waals surface area (Å²) in [5.41, 5.74) is -0.592. The lowest BCUT2D eigenvalue weighted by atomic mass is 10.2. The van der Waals surface area contributed by atoms with Crippen LogP contribution in [0.25, 0.3) is 0 Å². The van der Waals surface area contributed by atoms with Gasteiger partial charge in [0.2, 0.25) is 5.91 Å². The maximum absolute atomic E-state index is 13.4. The topological polar surface area (TPSA) is 58.6 Å². The van der Waals surface area contributed by atoms with Gasteiger partial charge < -0.3 is 15.0 Å². The Morgan fingerprint density at radius 2 is 1.86 bits per heavy atom. The van der Waals surface area contributed by atoms with Crippen molar-refractivity contribution in [1.29, 1.82) is 0 Å². The summed E-state index contributed by atoms with van der Waals surface area (Å²) in [4.78, 5) is 24.5. The molecule has 8 heteroatoms. The number of hydrogen-bond donors (Lipinski definition) is 1. The summed E-state index contributed by atoms with van der Waals surface area (Å²) in [6.45, 7) is 2.29. The van der Waals surface area contributed by atoms with E-state index >= 15 is 0 Å². The van der Waals surface area contributed by atoms with Gasteiger partial charge in [-0.1, -0.05) is 0 Å². The smallest absolute Gasteiger partial charge is 0.254 e. The van der Waals surface area contributed by atoms with Crippen molar-refractivity contribution in [3.05, 3.63) is 35.1 Å². The SMILES string of the molecule is COCCN(CCNC(=O)c1ccc(F)c(F)c1F)C(C)=O. The van der Waals surface area contributed by atoms with Crippen molar-refractivity contribution in [2.24, 2.45) is 0 Å². The fourth-order valence-electron chi connectivity index (χ4n) is 1.73. The monoisotopic (exact) mass is 318 g/mol. The van der Waals surface area contributed by atoms with Crippen LogP contribution in [0.15, 0.2) is 12.1 Å². The fourth-order valence-corrected chi connectivity index (χ4v) is 1.73. The Morgan fingerprint density at radius 3 is 2.45 bits per heavy atom.